The molecule has 0 saturated heterocycles. The van der Waals surface area contributed by atoms with Gasteiger partial charge in [0.15, 0.2) is 0 Å². The standard InChI is InChI=1S/C16H17N3O2/c1-19-13-6-4-3-5-12(13)18-15(19)9-14(20)11-7-8-16(21-2)17-10-11/h3-8,10,14,20H,9H2,1-2H3. The number of aliphatic hydroxyl groups is 1. The highest BCUT2D eigenvalue weighted by atomic mass is 16.5. The number of aryl methyl sites for hydroxylation is 1. The molecule has 0 saturated carbocycles. The van der Waals surface area contributed by atoms with Gasteiger partial charge in [0.2, 0.25) is 5.88 Å². The van der Waals surface area contributed by atoms with Gasteiger partial charge in [0.1, 0.15) is 5.82 Å². The summed E-state index contributed by atoms with van der Waals surface area (Å²) in [6.07, 6.45) is 1.43. The first-order chi connectivity index (χ1) is 10.2. The summed E-state index contributed by atoms with van der Waals surface area (Å²) in [7, 11) is 3.53. The fourth-order valence-corrected chi connectivity index (χ4v) is 2.38. The highest BCUT2D eigenvalue weighted by Crippen LogP contribution is 2.21. The molecular weight excluding hydrogens is 266 g/mol. The molecule has 1 atom stereocenters. The van der Waals surface area contributed by atoms with E-state index in [0.29, 0.717) is 12.3 Å². The molecule has 0 bridgehead atoms. The Morgan fingerprint density at radius 3 is 2.71 bits per heavy atom. The van der Waals surface area contributed by atoms with E-state index in [2.05, 4.69) is 9.97 Å². The first kappa shape index (κ1) is 13.6. The monoisotopic (exact) mass is 283 g/mol. The number of imidazole rings is 1. The van der Waals surface area contributed by atoms with Crippen molar-refractivity contribution in [3.63, 3.8) is 0 Å². The lowest BCUT2D eigenvalue weighted by Gasteiger charge is -2.11. The molecule has 1 N–H and O–H groups in total. The lowest BCUT2D eigenvalue weighted by Crippen LogP contribution is -2.07. The Morgan fingerprint density at radius 1 is 1.24 bits per heavy atom. The summed E-state index contributed by atoms with van der Waals surface area (Å²) in [5, 5.41) is 10.4. The Bertz CT molecular complexity index is 750. The molecule has 1 aromatic carbocycles. The van der Waals surface area contributed by atoms with Crippen LogP contribution in [0.4, 0.5) is 0 Å². The maximum atomic E-state index is 10.4. The van der Waals surface area contributed by atoms with Gasteiger partial charge in [-0.1, -0.05) is 12.1 Å². The second kappa shape index (κ2) is 5.54. The summed E-state index contributed by atoms with van der Waals surface area (Å²) in [6.45, 7) is 0. The van der Waals surface area contributed by atoms with Crippen molar-refractivity contribution >= 4 is 11.0 Å². The minimum Gasteiger partial charge on any atom is -0.481 e. The van der Waals surface area contributed by atoms with E-state index in [1.807, 2.05) is 41.9 Å². The molecule has 0 aliphatic heterocycles. The summed E-state index contributed by atoms with van der Waals surface area (Å²) in [6, 6.07) is 11.5. The largest absolute Gasteiger partial charge is 0.481 e. The summed E-state index contributed by atoms with van der Waals surface area (Å²) >= 11 is 0. The van der Waals surface area contributed by atoms with Crippen LogP contribution in [0.15, 0.2) is 42.6 Å². The van der Waals surface area contributed by atoms with E-state index in [1.54, 1.807) is 19.4 Å². The molecule has 0 spiro atoms. The van der Waals surface area contributed by atoms with Crippen LogP contribution in [-0.4, -0.2) is 26.8 Å². The number of rotatable bonds is 4. The maximum absolute atomic E-state index is 10.4. The van der Waals surface area contributed by atoms with E-state index in [0.717, 1.165) is 22.4 Å². The molecule has 0 amide bonds. The maximum Gasteiger partial charge on any atom is 0.212 e. The van der Waals surface area contributed by atoms with Gasteiger partial charge in [0, 0.05) is 25.7 Å². The van der Waals surface area contributed by atoms with E-state index >= 15 is 0 Å². The molecule has 3 aromatic rings. The number of nitrogens with zero attached hydrogens (tertiary/aromatic N) is 3. The number of hydrogen-bond donors (Lipinski definition) is 1. The molecule has 2 aromatic heterocycles. The third kappa shape index (κ3) is 2.60. The van der Waals surface area contributed by atoms with Crippen molar-refractivity contribution in [3.05, 3.63) is 54.0 Å². The second-order valence-corrected chi connectivity index (χ2v) is 4.93. The molecule has 108 valence electrons. The third-order valence-corrected chi connectivity index (χ3v) is 3.61. The van der Waals surface area contributed by atoms with Gasteiger partial charge in [-0.15, -0.1) is 0 Å². The van der Waals surface area contributed by atoms with Crippen LogP contribution in [-0.2, 0) is 13.5 Å². The summed E-state index contributed by atoms with van der Waals surface area (Å²) in [5.41, 5.74) is 2.76. The van der Waals surface area contributed by atoms with E-state index < -0.39 is 6.10 Å². The topological polar surface area (TPSA) is 60.2 Å². The van der Waals surface area contributed by atoms with Crippen molar-refractivity contribution < 1.29 is 9.84 Å². The lowest BCUT2D eigenvalue weighted by molar-refractivity contribution is 0.174. The van der Waals surface area contributed by atoms with Gasteiger partial charge in [-0.2, -0.15) is 0 Å². The number of benzene rings is 1. The van der Waals surface area contributed by atoms with E-state index in [4.69, 9.17) is 4.74 Å². The number of aliphatic hydroxyl groups excluding tert-OH is 1. The Hall–Kier alpha value is -2.40. The molecule has 5 heteroatoms. The fourth-order valence-electron chi connectivity index (χ4n) is 2.38. The van der Waals surface area contributed by atoms with Crippen LogP contribution in [0.2, 0.25) is 0 Å². The summed E-state index contributed by atoms with van der Waals surface area (Å²) in [4.78, 5) is 8.68. The number of pyridine rings is 1. The minimum absolute atomic E-state index is 0.444. The average Bonchev–Trinajstić information content (AvgIpc) is 2.84. The van der Waals surface area contributed by atoms with Gasteiger partial charge in [0.05, 0.1) is 24.2 Å². The number of aromatic nitrogens is 3. The number of methoxy groups -OCH3 is 1. The van der Waals surface area contributed by atoms with E-state index in [9.17, 15) is 5.11 Å². The lowest BCUT2D eigenvalue weighted by atomic mass is 10.1. The van der Waals surface area contributed by atoms with Crippen molar-refractivity contribution in [2.45, 2.75) is 12.5 Å². The Kier molecular flexibility index (Phi) is 3.58. The zero-order valence-electron chi connectivity index (χ0n) is 12.0. The number of fused-ring (bicyclic) bond motifs is 1. The molecule has 5 nitrogen and oxygen atoms in total. The first-order valence-corrected chi connectivity index (χ1v) is 6.77. The predicted molar refractivity (Wildman–Crippen MR) is 80.2 cm³/mol. The van der Waals surface area contributed by atoms with Gasteiger partial charge >= 0.3 is 0 Å². The highest BCUT2D eigenvalue weighted by Gasteiger charge is 2.14. The first-order valence-electron chi connectivity index (χ1n) is 6.77. The van der Waals surface area contributed by atoms with Gasteiger partial charge in [-0.05, 0) is 23.8 Å². The van der Waals surface area contributed by atoms with Gasteiger partial charge in [0.25, 0.3) is 0 Å². The molecular formula is C16H17N3O2. The Balaban J connectivity index is 1.85. The fraction of sp³-hybridized carbons (Fsp3) is 0.250. The van der Waals surface area contributed by atoms with Crippen molar-refractivity contribution in [1.82, 2.24) is 14.5 Å². The predicted octanol–water partition coefficient (Wildman–Crippen LogP) is 2.25. The molecule has 2 heterocycles. The van der Waals surface area contributed by atoms with Crippen LogP contribution >= 0.6 is 0 Å². The Morgan fingerprint density at radius 2 is 2.05 bits per heavy atom. The molecule has 0 aliphatic rings. The quantitative estimate of drug-likeness (QED) is 0.798. The van der Waals surface area contributed by atoms with E-state index in [-0.39, 0.29) is 0 Å². The Labute approximate surface area is 122 Å². The summed E-state index contributed by atoms with van der Waals surface area (Å²) < 4.78 is 7.03. The number of para-hydroxylation sites is 2. The smallest absolute Gasteiger partial charge is 0.212 e. The van der Waals surface area contributed by atoms with Crippen LogP contribution in [0.25, 0.3) is 11.0 Å². The molecule has 1 unspecified atom stereocenters. The van der Waals surface area contributed by atoms with Crippen LogP contribution in [0.3, 0.4) is 0 Å². The second-order valence-electron chi connectivity index (χ2n) is 4.93. The van der Waals surface area contributed by atoms with Crippen molar-refractivity contribution in [3.8, 4) is 5.88 Å². The van der Waals surface area contributed by atoms with Crippen molar-refractivity contribution in [2.24, 2.45) is 7.05 Å². The molecule has 0 radical (unpaired) electrons. The third-order valence-electron chi connectivity index (χ3n) is 3.61. The summed E-state index contributed by atoms with van der Waals surface area (Å²) in [5.74, 6) is 1.38. The van der Waals surface area contributed by atoms with Crippen molar-refractivity contribution in [1.29, 1.82) is 0 Å². The normalized spacial score (nSPS) is 12.5. The molecule has 0 aliphatic carbocycles. The van der Waals surface area contributed by atoms with E-state index in [1.165, 1.54) is 0 Å². The minimum atomic E-state index is -0.640. The number of hydrogen-bond acceptors (Lipinski definition) is 4. The van der Waals surface area contributed by atoms with Crippen molar-refractivity contribution in [2.75, 3.05) is 7.11 Å². The van der Waals surface area contributed by atoms with Crippen LogP contribution in [0.1, 0.15) is 17.5 Å². The molecule has 3 rings (SSSR count). The average molecular weight is 283 g/mol. The zero-order valence-corrected chi connectivity index (χ0v) is 12.0. The van der Waals surface area contributed by atoms with Gasteiger partial charge < -0.3 is 14.4 Å². The molecule has 21 heavy (non-hydrogen) atoms. The van der Waals surface area contributed by atoms with Crippen LogP contribution in [0, 0.1) is 0 Å². The SMILES string of the molecule is COc1ccc(C(O)Cc2nc3ccccc3n2C)cn1. The van der Waals surface area contributed by atoms with Gasteiger partial charge in [-0.3, -0.25) is 0 Å². The molecule has 0 fully saturated rings. The number of ether oxygens (including phenoxy) is 1. The van der Waals surface area contributed by atoms with Gasteiger partial charge in [-0.25, -0.2) is 9.97 Å². The highest BCUT2D eigenvalue weighted by molar-refractivity contribution is 5.75. The van der Waals surface area contributed by atoms with Crippen LogP contribution in [0.5, 0.6) is 5.88 Å². The zero-order chi connectivity index (χ0) is 14.8. The van der Waals surface area contributed by atoms with Crippen LogP contribution < -0.4 is 4.74 Å².